The zero-order valence-corrected chi connectivity index (χ0v) is 10.7. The third kappa shape index (κ3) is 4.40. The van der Waals surface area contributed by atoms with Crippen LogP contribution in [-0.4, -0.2) is 21.0 Å². The van der Waals surface area contributed by atoms with E-state index >= 15 is 0 Å². The molecule has 0 aliphatic rings. The predicted molar refractivity (Wildman–Crippen MR) is 63.1 cm³/mol. The van der Waals surface area contributed by atoms with Crippen LogP contribution in [0.2, 0.25) is 0 Å². The fourth-order valence-electron chi connectivity index (χ4n) is 1.09. The first-order valence-corrected chi connectivity index (χ1v) is 6.78. The molecule has 16 heavy (non-hydrogen) atoms. The van der Waals surface area contributed by atoms with Crippen molar-refractivity contribution in [3.05, 3.63) is 34.1 Å². The summed E-state index contributed by atoms with van der Waals surface area (Å²) in [5.41, 5.74) is 0.719. The molecular formula is C10H10BrFO3S. The molecule has 0 aliphatic heterocycles. The SMILES string of the molecule is O=C(O)CCS(=O)Cc1ccc(F)c(Br)c1. The van der Waals surface area contributed by atoms with Crippen LogP contribution < -0.4 is 0 Å². The van der Waals surface area contributed by atoms with Crippen molar-refractivity contribution < 1.29 is 18.5 Å². The highest BCUT2D eigenvalue weighted by molar-refractivity contribution is 9.10. The van der Waals surface area contributed by atoms with Crippen molar-refractivity contribution >= 4 is 32.7 Å². The summed E-state index contributed by atoms with van der Waals surface area (Å²) in [6, 6.07) is 4.38. The standard InChI is InChI=1S/C10H10BrFO3S/c11-8-5-7(1-2-9(8)12)6-16(15)4-3-10(13)14/h1-2,5H,3-4,6H2,(H,13,14). The molecule has 0 spiro atoms. The summed E-state index contributed by atoms with van der Waals surface area (Å²) in [5.74, 6) is -0.982. The van der Waals surface area contributed by atoms with Gasteiger partial charge in [-0.25, -0.2) is 4.39 Å². The van der Waals surface area contributed by atoms with Gasteiger partial charge >= 0.3 is 5.97 Å². The molecule has 0 radical (unpaired) electrons. The Balaban J connectivity index is 2.56. The molecule has 0 aromatic heterocycles. The second kappa shape index (κ2) is 6.10. The number of hydrogen-bond acceptors (Lipinski definition) is 2. The van der Waals surface area contributed by atoms with Crippen molar-refractivity contribution in [1.82, 2.24) is 0 Å². The second-order valence-corrected chi connectivity index (χ2v) is 5.61. The molecule has 0 heterocycles. The highest BCUT2D eigenvalue weighted by Gasteiger charge is 2.07. The Morgan fingerprint density at radius 3 is 2.75 bits per heavy atom. The van der Waals surface area contributed by atoms with Gasteiger partial charge in [-0.3, -0.25) is 9.00 Å². The van der Waals surface area contributed by atoms with Crippen LogP contribution >= 0.6 is 15.9 Å². The van der Waals surface area contributed by atoms with Crippen LogP contribution in [0.15, 0.2) is 22.7 Å². The van der Waals surface area contributed by atoms with E-state index in [2.05, 4.69) is 15.9 Å². The number of benzene rings is 1. The van der Waals surface area contributed by atoms with Crippen LogP contribution in [-0.2, 0) is 21.3 Å². The lowest BCUT2D eigenvalue weighted by atomic mass is 10.2. The highest BCUT2D eigenvalue weighted by atomic mass is 79.9. The maximum atomic E-state index is 12.9. The minimum absolute atomic E-state index is 0.115. The number of halogens is 2. The van der Waals surface area contributed by atoms with Crippen LogP contribution in [0.25, 0.3) is 0 Å². The van der Waals surface area contributed by atoms with E-state index in [-0.39, 0.29) is 23.7 Å². The highest BCUT2D eigenvalue weighted by Crippen LogP contribution is 2.17. The quantitative estimate of drug-likeness (QED) is 0.908. The van der Waals surface area contributed by atoms with Crippen molar-refractivity contribution in [3.63, 3.8) is 0 Å². The summed E-state index contributed by atoms with van der Waals surface area (Å²) in [6.07, 6.45) is -0.116. The molecular weight excluding hydrogens is 299 g/mol. The van der Waals surface area contributed by atoms with Crippen LogP contribution in [0.3, 0.4) is 0 Å². The van der Waals surface area contributed by atoms with Gasteiger partial charge in [0.15, 0.2) is 0 Å². The minimum atomic E-state index is -1.23. The normalized spacial score (nSPS) is 12.4. The van der Waals surface area contributed by atoms with E-state index in [1.807, 2.05) is 0 Å². The van der Waals surface area contributed by atoms with Crippen molar-refractivity contribution in [2.45, 2.75) is 12.2 Å². The Morgan fingerprint density at radius 1 is 1.50 bits per heavy atom. The minimum Gasteiger partial charge on any atom is -0.481 e. The van der Waals surface area contributed by atoms with Gasteiger partial charge in [-0.15, -0.1) is 0 Å². The molecule has 1 aromatic carbocycles. The lowest BCUT2D eigenvalue weighted by Crippen LogP contribution is -2.06. The summed E-state index contributed by atoms with van der Waals surface area (Å²) in [7, 11) is -1.23. The van der Waals surface area contributed by atoms with Gasteiger partial charge in [-0.05, 0) is 33.6 Å². The zero-order chi connectivity index (χ0) is 12.1. The second-order valence-electron chi connectivity index (χ2n) is 3.18. The van der Waals surface area contributed by atoms with Gasteiger partial charge in [0.05, 0.1) is 10.9 Å². The lowest BCUT2D eigenvalue weighted by molar-refractivity contribution is -0.136. The van der Waals surface area contributed by atoms with Crippen molar-refractivity contribution in [2.24, 2.45) is 0 Å². The summed E-state index contributed by atoms with van der Waals surface area (Å²) < 4.78 is 24.7. The molecule has 0 saturated heterocycles. The van der Waals surface area contributed by atoms with Gasteiger partial charge in [0.25, 0.3) is 0 Å². The third-order valence-corrected chi connectivity index (χ3v) is 3.78. The van der Waals surface area contributed by atoms with Gasteiger partial charge in [0, 0.05) is 22.3 Å². The smallest absolute Gasteiger partial charge is 0.304 e. The first-order valence-electron chi connectivity index (χ1n) is 4.49. The van der Waals surface area contributed by atoms with Gasteiger partial charge in [0.2, 0.25) is 0 Å². The third-order valence-electron chi connectivity index (χ3n) is 1.86. The Morgan fingerprint density at radius 2 is 2.19 bits per heavy atom. The van der Waals surface area contributed by atoms with Gasteiger partial charge in [-0.2, -0.15) is 0 Å². The van der Waals surface area contributed by atoms with Gasteiger partial charge in [-0.1, -0.05) is 6.07 Å². The van der Waals surface area contributed by atoms with Crippen molar-refractivity contribution in [2.75, 3.05) is 5.75 Å². The fraction of sp³-hybridized carbons (Fsp3) is 0.300. The Hall–Kier alpha value is -0.750. The largest absolute Gasteiger partial charge is 0.481 e. The summed E-state index contributed by atoms with van der Waals surface area (Å²) in [4.78, 5) is 10.3. The van der Waals surface area contributed by atoms with E-state index in [0.29, 0.717) is 4.47 Å². The average Bonchev–Trinajstić information content (AvgIpc) is 2.21. The number of carboxylic acid groups (broad SMARTS) is 1. The molecule has 0 amide bonds. The number of hydrogen-bond donors (Lipinski definition) is 1. The Bertz CT molecular complexity index is 423. The number of aliphatic carboxylic acids is 1. The summed E-state index contributed by atoms with van der Waals surface area (Å²) in [6.45, 7) is 0. The monoisotopic (exact) mass is 308 g/mol. The predicted octanol–water partition coefficient (Wildman–Crippen LogP) is 2.31. The molecule has 1 unspecified atom stereocenters. The number of carboxylic acids is 1. The topological polar surface area (TPSA) is 54.4 Å². The lowest BCUT2D eigenvalue weighted by Gasteiger charge is -2.02. The maximum absolute atomic E-state index is 12.9. The molecule has 0 aliphatic carbocycles. The molecule has 0 saturated carbocycles. The molecule has 3 nitrogen and oxygen atoms in total. The summed E-state index contributed by atoms with van der Waals surface area (Å²) in [5, 5.41) is 8.42. The van der Waals surface area contributed by atoms with Gasteiger partial charge in [0.1, 0.15) is 5.82 Å². The molecule has 1 rings (SSSR count). The van der Waals surface area contributed by atoms with E-state index in [4.69, 9.17) is 5.11 Å². The first kappa shape index (κ1) is 13.3. The molecule has 0 bridgehead atoms. The first-order chi connectivity index (χ1) is 7.49. The molecule has 1 atom stereocenters. The molecule has 1 N–H and O–H groups in total. The molecule has 88 valence electrons. The van der Waals surface area contributed by atoms with Gasteiger partial charge < -0.3 is 5.11 Å². The van der Waals surface area contributed by atoms with Crippen molar-refractivity contribution in [1.29, 1.82) is 0 Å². The van der Waals surface area contributed by atoms with E-state index < -0.39 is 16.8 Å². The molecule has 1 aromatic rings. The fourth-order valence-corrected chi connectivity index (χ4v) is 2.61. The van der Waals surface area contributed by atoms with E-state index in [1.54, 1.807) is 12.1 Å². The Labute approximate surface area is 103 Å². The Kier molecular flexibility index (Phi) is 5.08. The van der Waals surface area contributed by atoms with E-state index in [1.165, 1.54) is 6.07 Å². The van der Waals surface area contributed by atoms with Crippen LogP contribution in [0.5, 0.6) is 0 Å². The molecule has 0 fully saturated rings. The van der Waals surface area contributed by atoms with Crippen LogP contribution in [0, 0.1) is 5.82 Å². The van der Waals surface area contributed by atoms with Crippen molar-refractivity contribution in [3.8, 4) is 0 Å². The maximum Gasteiger partial charge on any atom is 0.304 e. The number of rotatable bonds is 5. The molecule has 6 heteroatoms. The zero-order valence-electron chi connectivity index (χ0n) is 8.28. The average molecular weight is 309 g/mol. The van der Waals surface area contributed by atoms with Crippen LogP contribution in [0.4, 0.5) is 4.39 Å². The van der Waals surface area contributed by atoms with E-state index in [9.17, 15) is 13.4 Å². The van der Waals surface area contributed by atoms with Crippen LogP contribution in [0.1, 0.15) is 12.0 Å². The number of carbonyl (C=O) groups is 1. The summed E-state index contributed by atoms with van der Waals surface area (Å²) >= 11 is 3.03. The van der Waals surface area contributed by atoms with E-state index in [0.717, 1.165) is 5.56 Å².